The molecule has 0 aliphatic carbocycles. The molecule has 1 fully saturated rings. The molecular formula is C16H27FN4. The lowest BCUT2D eigenvalue weighted by atomic mass is 10.2. The number of halogens is 1. The van der Waals surface area contributed by atoms with Gasteiger partial charge in [0.15, 0.2) is 11.6 Å². The normalized spacial score (nSPS) is 16.7. The minimum absolute atomic E-state index is 0.171. The minimum atomic E-state index is -0.171. The standard InChI is InChI=1S/C16H27FN4/c1-4-18-11-14-5-6-19-16(15(14)17)21-9-7-20(8-10-21)12-13(2)3/h5-6,13,18H,4,7-12H2,1-3H3. The van der Waals surface area contributed by atoms with Gasteiger partial charge in [-0.1, -0.05) is 20.8 Å². The number of rotatable bonds is 6. The lowest BCUT2D eigenvalue weighted by Gasteiger charge is -2.36. The smallest absolute Gasteiger partial charge is 0.170 e. The fraction of sp³-hybridized carbons (Fsp3) is 0.688. The number of nitrogens with one attached hydrogen (secondary N) is 1. The van der Waals surface area contributed by atoms with Crippen molar-refractivity contribution in [2.75, 3.05) is 44.2 Å². The lowest BCUT2D eigenvalue weighted by Crippen LogP contribution is -2.48. The van der Waals surface area contributed by atoms with E-state index in [2.05, 4.69) is 33.9 Å². The molecule has 2 heterocycles. The molecule has 4 nitrogen and oxygen atoms in total. The monoisotopic (exact) mass is 294 g/mol. The van der Waals surface area contributed by atoms with Crippen LogP contribution in [-0.2, 0) is 6.54 Å². The van der Waals surface area contributed by atoms with Gasteiger partial charge in [0.05, 0.1) is 0 Å². The zero-order valence-electron chi connectivity index (χ0n) is 13.4. The van der Waals surface area contributed by atoms with E-state index in [0.29, 0.717) is 23.8 Å². The fourth-order valence-electron chi connectivity index (χ4n) is 2.75. The third-order valence-electron chi connectivity index (χ3n) is 3.81. The van der Waals surface area contributed by atoms with E-state index in [0.717, 1.165) is 39.3 Å². The zero-order chi connectivity index (χ0) is 15.2. The fourth-order valence-corrected chi connectivity index (χ4v) is 2.75. The van der Waals surface area contributed by atoms with E-state index in [9.17, 15) is 4.39 Å². The molecule has 1 N–H and O–H groups in total. The SMILES string of the molecule is CCNCc1ccnc(N2CCN(CC(C)C)CC2)c1F. The van der Waals surface area contributed by atoms with Crippen LogP contribution in [0.1, 0.15) is 26.3 Å². The highest BCUT2D eigenvalue weighted by atomic mass is 19.1. The quantitative estimate of drug-likeness (QED) is 0.871. The molecule has 1 aliphatic heterocycles. The van der Waals surface area contributed by atoms with E-state index in [-0.39, 0.29) is 5.82 Å². The molecule has 0 aromatic carbocycles. The highest BCUT2D eigenvalue weighted by Crippen LogP contribution is 2.21. The summed E-state index contributed by atoms with van der Waals surface area (Å²) in [6.45, 7) is 12.7. The van der Waals surface area contributed by atoms with Gasteiger partial charge in [-0.3, -0.25) is 4.90 Å². The van der Waals surface area contributed by atoms with E-state index in [4.69, 9.17) is 0 Å². The van der Waals surface area contributed by atoms with Crippen LogP contribution in [0.25, 0.3) is 0 Å². The maximum Gasteiger partial charge on any atom is 0.170 e. The first-order chi connectivity index (χ1) is 10.1. The van der Waals surface area contributed by atoms with Crippen molar-refractivity contribution < 1.29 is 4.39 Å². The van der Waals surface area contributed by atoms with Gasteiger partial charge in [-0.05, 0) is 18.5 Å². The molecule has 21 heavy (non-hydrogen) atoms. The second-order valence-corrected chi connectivity index (χ2v) is 6.07. The minimum Gasteiger partial charge on any atom is -0.352 e. The summed E-state index contributed by atoms with van der Waals surface area (Å²) >= 11 is 0. The Morgan fingerprint density at radius 2 is 2.00 bits per heavy atom. The molecule has 0 saturated carbocycles. The molecule has 0 amide bonds. The van der Waals surface area contributed by atoms with Crippen LogP contribution in [0.4, 0.5) is 10.2 Å². The average molecular weight is 294 g/mol. The number of hydrogen-bond acceptors (Lipinski definition) is 4. The molecule has 5 heteroatoms. The van der Waals surface area contributed by atoms with Crippen molar-refractivity contribution >= 4 is 5.82 Å². The van der Waals surface area contributed by atoms with Gasteiger partial charge in [0.25, 0.3) is 0 Å². The maximum absolute atomic E-state index is 14.5. The molecular weight excluding hydrogens is 267 g/mol. The molecule has 0 radical (unpaired) electrons. The number of nitrogens with zero attached hydrogens (tertiary/aromatic N) is 3. The van der Waals surface area contributed by atoms with Gasteiger partial charge in [0.2, 0.25) is 0 Å². The van der Waals surface area contributed by atoms with E-state index < -0.39 is 0 Å². The van der Waals surface area contributed by atoms with Crippen molar-refractivity contribution in [2.45, 2.75) is 27.3 Å². The first-order valence-electron chi connectivity index (χ1n) is 7.93. The number of pyridine rings is 1. The third kappa shape index (κ3) is 4.38. The first-order valence-corrected chi connectivity index (χ1v) is 7.93. The highest BCUT2D eigenvalue weighted by molar-refractivity contribution is 5.43. The van der Waals surface area contributed by atoms with Gasteiger partial charge in [-0.25, -0.2) is 9.37 Å². The van der Waals surface area contributed by atoms with Crippen LogP contribution in [0.15, 0.2) is 12.3 Å². The molecule has 2 rings (SSSR count). The molecule has 0 unspecified atom stereocenters. The second kappa shape index (κ2) is 7.71. The number of piperazine rings is 1. The van der Waals surface area contributed by atoms with E-state index in [1.54, 1.807) is 12.3 Å². The van der Waals surface area contributed by atoms with Crippen molar-refractivity contribution in [1.82, 2.24) is 15.2 Å². The zero-order valence-corrected chi connectivity index (χ0v) is 13.4. The van der Waals surface area contributed by atoms with Crippen LogP contribution in [0.5, 0.6) is 0 Å². The summed E-state index contributed by atoms with van der Waals surface area (Å²) < 4.78 is 14.5. The Kier molecular flexibility index (Phi) is 5.94. The largest absolute Gasteiger partial charge is 0.352 e. The average Bonchev–Trinajstić information content (AvgIpc) is 2.47. The molecule has 0 bridgehead atoms. The van der Waals surface area contributed by atoms with Crippen molar-refractivity contribution in [3.63, 3.8) is 0 Å². The summed E-state index contributed by atoms with van der Waals surface area (Å²) in [7, 11) is 0. The van der Waals surface area contributed by atoms with E-state index in [1.807, 2.05) is 6.92 Å². The van der Waals surface area contributed by atoms with Crippen molar-refractivity contribution in [2.24, 2.45) is 5.92 Å². The number of hydrogen-bond donors (Lipinski definition) is 1. The van der Waals surface area contributed by atoms with Gasteiger partial charge >= 0.3 is 0 Å². The topological polar surface area (TPSA) is 31.4 Å². The second-order valence-electron chi connectivity index (χ2n) is 6.07. The Morgan fingerprint density at radius 3 is 2.62 bits per heavy atom. The third-order valence-corrected chi connectivity index (χ3v) is 3.81. The van der Waals surface area contributed by atoms with Crippen molar-refractivity contribution in [1.29, 1.82) is 0 Å². The Hall–Kier alpha value is -1.20. The Labute approximate surface area is 127 Å². The van der Waals surface area contributed by atoms with Crippen LogP contribution in [-0.4, -0.2) is 49.2 Å². The summed E-state index contributed by atoms with van der Waals surface area (Å²) in [5.41, 5.74) is 0.700. The molecule has 0 spiro atoms. The van der Waals surface area contributed by atoms with Crippen LogP contribution in [0.3, 0.4) is 0 Å². The first kappa shape index (κ1) is 16.2. The summed E-state index contributed by atoms with van der Waals surface area (Å²) in [4.78, 5) is 8.78. The van der Waals surface area contributed by atoms with Gasteiger partial charge in [-0.2, -0.15) is 0 Å². The van der Waals surface area contributed by atoms with Gasteiger partial charge in [0, 0.05) is 51.0 Å². The predicted molar refractivity (Wildman–Crippen MR) is 85.1 cm³/mol. The lowest BCUT2D eigenvalue weighted by molar-refractivity contribution is 0.230. The molecule has 118 valence electrons. The summed E-state index contributed by atoms with van der Waals surface area (Å²) in [5, 5.41) is 3.17. The van der Waals surface area contributed by atoms with Gasteiger partial charge < -0.3 is 10.2 Å². The Balaban J connectivity index is 2.00. The summed E-state index contributed by atoms with van der Waals surface area (Å²) in [5.74, 6) is 1.01. The summed E-state index contributed by atoms with van der Waals surface area (Å²) in [6, 6.07) is 1.76. The van der Waals surface area contributed by atoms with Gasteiger partial charge in [-0.15, -0.1) is 0 Å². The Bertz CT molecular complexity index is 442. The van der Waals surface area contributed by atoms with Gasteiger partial charge in [0.1, 0.15) is 0 Å². The number of aromatic nitrogens is 1. The molecule has 1 saturated heterocycles. The van der Waals surface area contributed by atoms with Crippen molar-refractivity contribution in [3.05, 3.63) is 23.6 Å². The van der Waals surface area contributed by atoms with Crippen LogP contribution >= 0.6 is 0 Å². The van der Waals surface area contributed by atoms with Crippen LogP contribution < -0.4 is 10.2 Å². The number of anilines is 1. The van der Waals surface area contributed by atoms with E-state index >= 15 is 0 Å². The van der Waals surface area contributed by atoms with Crippen LogP contribution in [0.2, 0.25) is 0 Å². The van der Waals surface area contributed by atoms with Crippen molar-refractivity contribution in [3.8, 4) is 0 Å². The highest BCUT2D eigenvalue weighted by Gasteiger charge is 2.21. The molecule has 1 aliphatic rings. The predicted octanol–water partition coefficient (Wildman–Crippen LogP) is 2.11. The molecule has 1 aromatic heterocycles. The Morgan fingerprint density at radius 1 is 1.29 bits per heavy atom. The summed E-state index contributed by atoms with van der Waals surface area (Å²) in [6.07, 6.45) is 1.71. The molecule has 1 aromatic rings. The van der Waals surface area contributed by atoms with E-state index in [1.165, 1.54) is 0 Å². The van der Waals surface area contributed by atoms with Crippen LogP contribution in [0, 0.1) is 11.7 Å². The molecule has 0 atom stereocenters. The maximum atomic E-state index is 14.5.